The molecule has 16 heavy (non-hydrogen) atoms. The molecule has 0 aliphatic rings. The van der Waals surface area contributed by atoms with Crippen molar-refractivity contribution in [2.24, 2.45) is 0 Å². The van der Waals surface area contributed by atoms with Gasteiger partial charge in [-0.15, -0.1) is 0 Å². The lowest BCUT2D eigenvalue weighted by molar-refractivity contribution is 0.0693. The van der Waals surface area contributed by atoms with Crippen molar-refractivity contribution in [2.75, 3.05) is 7.11 Å². The molecule has 0 aromatic heterocycles. The van der Waals surface area contributed by atoms with Crippen molar-refractivity contribution in [3.05, 3.63) is 22.2 Å². The number of hydrogen-bond acceptors (Lipinski definition) is 5. The van der Waals surface area contributed by atoms with E-state index in [1.165, 1.54) is 0 Å². The maximum atomic E-state index is 11.3. The molecular formula is C8H7BrO6S. The molecule has 1 aromatic rings. The second-order valence-corrected chi connectivity index (χ2v) is 5.29. The highest BCUT2D eigenvalue weighted by molar-refractivity contribution is 9.10. The van der Waals surface area contributed by atoms with Gasteiger partial charge >= 0.3 is 5.97 Å². The Morgan fingerprint density at radius 2 is 2.00 bits per heavy atom. The Morgan fingerprint density at radius 1 is 1.44 bits per heavy atom. The van der Waals surface area contributed by atoms with E-state index in [9.17, 15) is 18.3 Å². The van der Waals surface area contributed by atoms with Crippen molar-refractivity contribution in [2.45, 2.75) is 4.90 Å². The topological polar surface area (TPSA) is 101 Å². The maximum absolute atomic E-state index is 11.3. The summed E-state index contributed by atoms with van der Waals surface area (Å²) < 4.78 is 26.8. The second kappa shape index (κ2) is 4.40. The van der Waals surface area contributed by atoms with E-state index in [1.54, 1.807) is 0 Å². The molecule has 1 aromatic carbocycles. The van der Waals surface area contributed by atoms with Crippen LogP contribution in [0.4, 0.5) is 0 Å². The van der Waals surface area contributed by atoms with Gasteiger partial charge in [0.05, 0.1) is 16.5 Å². The monoisotopic (exact) mass is 310 g/mol. The molecule has 0 fully saturated rings. The standard InChI is InChI=1S/C8H7BrO6S/c1-15-16(13,14)4-2-5(8(11)12)7(10)6(9)3-4/h2-3,10H,1H3,(H,11,12). The highest BCUT2D eigenvalue weighted by Crippen LogP contribution is 2.31. The molecule has 0 spiro atoms. The summed E-state index contributed by atoms with van der Waals surface area (Å²) in [7, 11) is -3.04. The minimum atomic E-state index is -4.00. The number of hydrogen-bond donors (Lipinski definition) is 2. The Bertz CT molecular complexity index is 536. The van der Waals surface area contributed by atoms with E-state index in [0.717, 1.165) is 19.2 Å². The lowest BCUT2D eigenvalue weighted by Crippen LogP contribution is -2.06. The van der Waals surface area contributed by atoms with Crippen LogP contribution in [-0.2, 0) is 14.3 Å². The zero-order valence-corrected chi connectivity index (χ0v) is 10.4. The molecule has 0 radical (unpaired) electrons. The van der Waals surface area contributed by atoms with Crippen molar-refractivity contribution in [3.8, 4) is 5.75 Å². The van der Waals surface area contributed by atoms with Crippen LogP contribution in [-0.4, -0.2) is 31.7 Å². The lowest BCUT2D eigenvalue weighted by atomic mass is 10.2. The van der Waals surface area contributed by atoms with Gasteiger partial charge in [0.2, 0.25) is 0 Å². The van der Waals surface area contributed by atoms with Crippen LogP contribution in [0, 0.1) is 0 Å². The van der Waals surface area contributed by atoms with E-state index in [-0.39, 0.29) is 9.37 Å². The average molecular weight is 311 g/mol. The Balaban J connectivity index is 3.53. The number of aromatic hydroxyl groups is 1. The van der Waals surface area contributed by atoms with Gasteiger partial charge in [-0.2, -0.15) is 8.42 Å². The Labute approximate surface area is 99.7 Å². The van der Waals surface area contributed by atoms with E-state index >= 15 is 0 Å². The molecule has 0 heterocycles. The number of carboxylic acids is 1. The van der Waals surface area contributed by atoms with Crippen LogP contribution in [0.1, 0.15) is 10.4 Å². The van der Waals surface area contributed by atoms with E-state index in [2.05, 4.69) is 20.1 Å². The van der Waals surface area contributed by atoms with Gasteiger partial charge < -0.3 is 10.2 Å². The predicted molar refractivity (Wildman–Crippen MR) is 57.0 cm³/mol. The van der Waals surface area contributed by atoms with Gasteiger partial charge in [-0.05, 0) is 28.1 Å². The molecule has 8 heteroatoms. The Kier molecular flexibility index (Phi) is 3.56. The molecule has 6 nitrogen and oxygen atoms in total. The number of aromatic carboxylic acids is 1. The number of phenols is 1. The zero-order valence-electron chi connectivity index (χ0n) is 7.97. The van der Waals surface area contributed by atoms with Gasteiger partial charge in [-0.25, -0.2) is 4.79 Å². The number of benzene rings is 1. The summed E-state index contributed by atoms with van der Waals surface area (Å²) in [6.45, 7) is 0. The van der Waals surface area contributed by atoms with Gasteiger partial charge in [-0.1, -0.05) is 0 Å². The van der Waals surface area contributed by atoms with Crippen molar-refractivity contribution >= 4 is 32.0 Å². The van der Waals surface area contributed by atoms with Gasteiger partial charge in [0.25, 0.3) is 10.1 Å². The van der Waals surface area contributed by atoms with E-state index in [4.69, 9.17) is 5.11 Å². The van der Waals surface area contributed by atoms with E-state index < -0.39 is 27.4 Å². The SMILES string of the molecule is COS(=O)(=O)c1cc(Br)c(O)c(C(=O)O)c1. The largest absolute Gasteiger partial charge is 0.506 e. The van der Waals surface area contributed by atoms with Gasteiger partial charge in [-0.3, -0.25) is 4.18 Å². The molecule has 0 bridgehead atoms. The first-order valence-electron chi connectivity index (χ1n) is 3.86. The molecule has 2 N–H and O–H groups in total. The zero-order chi connectivity index (χ0) is 12.5. The second-order valence-electron chi connectivity index (χ2n) is 2.73. The average Bonchev–Trinajstić information content (AvgIpc) is 2.21. The fourth-order valence-electron chi connectivity index (χ4n) is 0.978. The molecule has 0 amide bonds. The highest BCUT2D eigenvalue weighted by atomic mass is 79.9. The number of rotatable bonds is 3. The van der Waals surface area contributed by atoms with Crippen LogP contribution < -0.4 is 0 Å². The van der Waals surface area contributed by atoms with Gasteiger partial charge in [0.15, 0.2) is 0 Å². The maximum Gasteiger partial charge on any atom is 0.339 e. The number of carboxylic acid groups (broad SMARTS) is 1. The molecular weight excluding hydrogens is 304 g/mol. The first kappa shape index (κ1) is 12.9. The first-order chi connectivity index (χ1) is 7.29. The summed E-state index contributed by atoms with van der Waals surface area (Å²) in [6, 6.07) is 1.88. The van der Waals surface area contributed by atoms with Crippen molar-refractivity contribution in [3.63, 3.8) is 0 Å². The first-order valence-corrected chi connectivity index (χ1v) is 6.06. The van der Waals surface area contributed by atoms with Crippen LogP contribution >= 0.6 is 15.9 Å². The Morgan fingerprint density at radius 3 is 2.44 bits per heavy atom. The number of halogens is 1. The van der Waals surface area contributed by atoms with Crippen LogP contribution in [0.25, 0.3) is 0 Å². The van der Waals surface area contributed by atoms with E-state index in [1.807, 2.05) is 0 Å². The molecule has 88 valence electrons. The molecule has 0 saturated heterocycles. The molecule has 0 saturated carbocycles. The summed E-state index contributed by atoms with van der Waals surface area (Å²) >= 11 is 2.85. The van der Waals surface area contributed by atoms with Crippen LogP contribution in [0.3, 0.4) is 0 Å². The van der Waals surface area contributed by atoms with Crippen LogP contribution in [0.15, 0.2) is 21.5 Å². The highest BCUT2D eigenvalue weighted by Gasteiger charge is 2.21. The van der Waals surface area contributed by atoms with Gasteiger partial charge in [0, 0.05) is 0 Å². The summed E-state index contributed by atoms with van der Waals surface area (Å²) in [6.07, 6.45) is 0. The van der Waals surface area contributed by atoms with Gasteiger partial charge in [0.1, 0.15) is 11.3 Å². The molecule has 0 atom stereocenters. The van der Waals surface area contributed by atoms with Crippen molar-refractivity contribution in [1.82, 2.24) is 0 Å². The summed E-state index contributed by atoms with van der Waals surface area (Å²) in [4.78, 5) is 10.4. The Hall–Kier alpha value is -1.12. The predicted octanol–water partition coefficient (Wildman–Crippen LogP) is 1.19. The fraction of sp³-hybridized carbons (Fsp3) is 0.125. The molecule has 0 aliphatic carbocycles. The third kappa shape index (κ3) is 2.34. The molecule has 1 rings (SSSR count). The summed E-state index contributed by atoms with van der Waals surface area (Å²) in [5, 5.41) is 18.1. The third-order valence-corrected chi connectivity index (χ3v) is 3.63. The summed E-state index contributed by atoms with van der Waals surface area (Å²) in [5.74, 6) is -1.98. The van der Waals surface area contributed by atoms with Crippen molar-refractivity contribution in [1.29, 1.82) is 0 Å². The minimum absolute atomic E-state index is 0.0389. The summed E-state index contributed by atoms with van der Waals surface area (Å²) in [5.41, 5.74) is -0.523. The van der Waals surface area contributed by atoms with Crippen LogP contribution in [0.5, 0.6) is 5.75 Å². The fourth-order valence-corrected chi connectivity index (χ4v) is 2.31. The third-order valence-electron chi connectivity index (χ3n) is 1.78. The number of carbonyl (C=O) groups is 1. The minimum Gasteiger partial charge on any atom is -0.506 e. The lowest BCUT2D eigenvalue weighted by Gasteiger charge is -2.06. The normalized spacial score (nSPS) is 11.4. The quantitative estimate of drug-likeness (QED) is 0.813. The molecule has 0 aliphatic heterocycles. The smallest absolute Gasteiger partial charge is 0.339 e. The van der Waals surface area contributed by atoms with E-state index in [0.29, 0.717) is 0 Å². The molecule has 0 unspecified atom stereocenters. The van der Waals surface area contributed by atoms with Crippen LogP contribution in [0.2, 0.25) is 0 Å². The van der Waals surface area contributed by atoms with Crippen molar-refractivity contribution < 1.29 is 27.6 Å².